The number of hydrogen-bond acceptors (Lipinski definition) is 5. The van der Waals surface area contributed by atoms with E-state index in [0.717, 1.165) is 11.0 Å². The molecule has 0 spiro atoms. The zero-order valence-electron chi connectivity index (χ0n) is 17.5. The van der Waals surface area contributed by atoms with E-state index >= 15 is 0 Å². The molecule has 3 N–H and O–H groups in total. The number of amides is 1. The van der Waals surface area contributed by atoms with Gasteiger partial charge >= 0.3 is 5.82 Å². The first-order valence-corrected chi connectivity index (χ1v) is 11.5. The number of anilines is 2. The van der Waals surface area contributed by atoms with Crippen LogP contribution in [0.15, 0.2) is 84.0 Å². The molecular weight excluding hydrogens is 440 g/mol. The molecule has 0 bridgehead atoms. The minimum absolute atomic E-state index is 0.0291. The van der Waals surface area contributed by atoms with Crippen molar-refractivity contribution in [3.8, 4) is 5.82 Å². The van der Waals surface area contributed by atoms with Gasteiger partial charge in [-0.1, -0.05) is 29.2 Å². The standard InChI is InChI=1S/C23H18N6O3S/c1-15(30)25-16-10-12-17(13-11-16)33(31,32)28-22-23(27-19-7-3-2-6-18(19)26-22)29-14-24-20-8-4-5-9-21(20)29/h2-14H,1H3,(H2,25,26,28,30)/p+1. The molecule has 0 fully saturated rings. The van der Waals surface area contributed by atoms with E-state index in [0.29, 0.717) is 22.5 Å². The number of imidazole rings is 1. The molecule has 2 aromatic heterocycles. The molecular formula is C23H19N6O3S+. The van der Waals surface area contributed by atoms with E-state index < -0.39 is 10.0 Å². The van der Waals surface area contributed by atoms with E-state index in [9.17, 15) is 13.2 Å². The first-order valence-electron chi connectivity index (χ1n) is 10.1. The number of carbonyl (C=O) groups is 1. The van der Waals surface area contributed by atoms with Crippen LogP contribution in [0.4, 0.5) is 11.5 Å². The second-order valence-electron chi connectivity index (χ2n) is 7.36. The molecule has 9 nitrogen and oxygen atoms in total. The van der Waals surface area contributed by atoms with Crippen LogP contribution in [0.3, 0.4) is 0 Å². The Hall–Kier alpha value is -4.31. The maximum absolute atomic E-state index is 13.2. The van der Waals surface area contributed by atoms with Crippen LogP contribution in [0.25, 0.3) is 27.9 Å². The number of carbonyl (C=O) groups excluding carboxylic acids is 1. The van der Waals surface area contributed by atoms with E-state index in [1.165, 1.54) is 31.2 Å². The molecule has 0 radical (unpaired) electrons. The summed E-state index contributed by atoms with van der Waals surface area (Å²) in [5, 5.41) is 2.61. The molecule has 164 valence electrons. The molecule has 0 atom stereocenters. The highest BCUT2D eigenvalue weighted by Crippen LogP contribution is 2.23. The quantitative estimate of drug-likeness (QED) is 0.349. The summed E-state index contributed by atoms with van der Waals surface area (Å²) in [5.74, 6) is 0.189. The molecule has 33 heavy (non-hydrogen) atoms. The van der Waals surface area contributed by atoms with Crippen LogP contribution in [0.1, 0.15) is 6.92 Å². The lowest BCUT2D eigenvalue weighted by Crippen LogP contribution is -2.32. The minimum atomic E-state index is -3.98. The summed E-state index contributed by atoms with van der Waals surface area (Å²) >= 11 is 0. The largest absolute Gasteiger partial charge is 0.326 e. The number of nitrogens with zero attached hydrogens (tertiary/aromatic N) is 3. The van der Waals surface area contributed by atoms with Crippen molar-refractivity contribution in [2.45, 2.75) is 11.8 Å². The van der Waals surface area contributed by atoms with Gasteiger partial charge in [0.1, 0.15) is 16.6 Å². The van der Waals surface area contributed by atoms with Crippen molar-refractivity contribution in [1.82, 2.24) is 15.0 Å². The van der Waals surface area contributed by atoms with Gasteiger partial charge in [0, 0.05) is 12.6 Å². The fourth-order valence-corrected chi connectivity index (χ4v) is 4.52. The Morgan fingerprint density at radius 2 is 1.58 bits per heavy atom. The molecule has 10 heteroatoms. The molecule has 0 saturated heterocycles. The fraction of sp³-hybridized carbons (Fsp3) is 0.0435. The molecule has 0 unspecified atom stereocenters. The Kier molecular flexibility index (Phi) is 4.98. The van der Waals surface area contributed by atoms with Gasteiger partial charge in [0.25, 0.3) is 10.0 Å². The summed E-state index contributed by atoms with van der Waals surface area (Å²) in [4.78, 5) is 23.7. The van der Waals surface area contributed by atoms with Crippen molar-refractivity contribution in [1.29, 1.82) is 0 Å². The van der Waals surface area contributed by atoms with Crippen molar-refractivity contribution in [2.75, 3.05) is 10.0 Å². The normalized spacial score (nSPS) is 11.5. The Balaban J connectivity index is 1.61. The van der Waals surface area contributed by atoms with E-state index in [1.807, 2.05) is 42.5 Å². The summed E-state index contributed by atoms with van der Waals surface area (Å²) in [6, 6.07) is 20.8. The molecule has 5 rings (SSSR count). The average Bonchev–Trinajstić information content (AvgIpc) is 3.22. The fourth-order valence-electron chi connectivity index (χ4n) is 3.52. The third kappa shape index (κ3) is 3.99. The SMILES string of the molecule is CC(=O)Nc1ccc(S(=O)(=O)Nc2nc3ccccc3nc2-[n+]2c[nH]c3ccccc32)cc1. The summed E-state index contributed by atoms with van der Waals surface area (Å²) in [7, 11) is -3.98. The van der Waals surface area contributed by atoms with Crippen LogP contribution in [0.2, 0.25) is 0 Å². The summed E-state index contributed by atoms with van der Waals surface area (Å²) < 4.78 is 30.7. The smallest absolute Gasteiger partial charge is 0.312 e. The van der Waals surface area contributed by atoms with E-state index in [-0.39, 0.29) is 16.6 Å². The number of fused-ring (bicyclic) bond motifs is 2. The lowest BCUT2D eigenvalue weighted by Gasteiger charge is -2.10. The highest BCUT2D eigenvalue weighted by molar-refractivity contribution is 7.92. The number of nitrogens with one attached hydrogen (secondary N) is 3. The molecule has 1 amide bonds. The lowest BCUT2D eigenvalue weighted by molar-refractivity contribution is -0.570. The molecule has 3 aromatic carbocycles. The lowest BCUT2D eigenvalue weighted by atomic mass is 10.3. The number of hydrogen-bond donors (Lipinski definition) is 3. The monoisotopic (exact) mass is 459 g/mol. The van der Waals surface area contributed by atoms with Gasteiger partial charge in [0.05, 0.1) is 4.90 Å². The van der Waals surface area contributed by atoms with E-state index in [2.05, 4.69) is 20.0 Å². The number of sulfonamides is 1. The number of aromatic nitrogens is 4. The highest BCUT2D eigenvalue weighted by Gasteiger charge is 2.25. The average molecular weight is 460 g/mol. The molecule has 2 heterocycles. The van der Waals surface area contributed by atoms with Gasteiger partial charge in [-0.25, -0.2) is 13.4 Å². The molecule has 0 saturated carbocycles. The van der Waals surface area contributed by atoms with E-state index in [4.69, 9.17) is 4.98 Å². The predicted octanol–water partition coefficient (Wildman–Crippen LogP) is 3.15. The molecule has 0 aliphatic carbocycles. The van der Waals surface area contributed by atoms with Crippen molar-refractivity contribution < 1.29 is 17.8 Å². The Morgan fingerprint density at radius 1 is 0.909 bits per heavy atom. The first-order chi connectivity index (χ1) is 15.9. The minimum Gasteiger partial charge on any atom is -0.326 e. The number of aromatic amines is 1. The number of rotatable bonds is 5. The number of benzene rings is 3. The second-order valence-corrected chi connectivity index (χ2v) is 9.04. The molecule has 5 aromatic rings. The van der Waals surface area contributed by atoms with Gasteiger partial charge in [0.15, 0.2) is 11.8 Å². The summed E-state index contributed by atoms with van der Waals surface area (Å²) in [6.45, 7) is 1.38. The zero-order valence-corrected chi connectivity index (χ0v) is 18.3. The van der Waals surface area contributed by atoms with Gasteiger partial charge in [-0.05, 0) is 48.5 Å². The van der Waals surface area contributed by atoms with Gasteiger partial charge in [-0.2, -0.15) is 4.57 Å². The maximum atomic E-state index is 13.2. The van der Waals surface area contributed by atoms with Crippen LogP contribution in [-0.4, -0.2) is 29.3 Å². The first kappa shape index (κ1) is 20.6. The van der Waals surface area contributed by atoms with Crippen LogP contribution >= 0.6 is 0 Å². The van der Waals surface area contributed by atoms with E-state index in [1.54, 1.807) is 17.0 Å². The number of H-pyrrole nitrogens is 1. The van der Waals surface area contributed by atoms with Crippen molar-refractivity contribution >= 4 is 49.5 Å². The van der Waals surface area contributed by atoms with Crippen molar-refractivity contribution in [3.05, 3.63) is 79.1 Å². The highest BCUT2D eigenvalue weighted by atomic mass is 32.2. The van der Waals surface area contributed by atoms with Crippen LogP contribution in [-0.2, 0) is 14.8 Å². The third-order valence-electron chi connectivity index (χ3n) is 5.01. The third-order valence-corrected chi connectivity index (χ3v) is 6.36. The number of para-hydroxylation sites is 4. The van der Waals surface area contributed by atoms with Crippen LogP contribution in [0.5, 0.6) is 0 Å². The second kappa shape index (κ2) is 7.99. The Bertz CT molecular complexity index is 1610. The summed E-state index contributed by atoms with van der Waals surface area (Å²) in [6.07, 6.45) is 1.71. The van der Waals surface area contributed by atoms with Gasteiger partial charge in [-0.15, -0.1) is 0 Å². The van der Waals surface area contributed by atoms with Gasteiger partial charge < -0.3 is 5.32 Å². The van der Waals surface area contributed by atoms with Crippen molar-refractivity contribution in [2.24, 2.45) is 0 Å². The Labute approximate surface area is 189 Å². The maximum Gasteiger partial charge on any atom is 0.312 e. The Morgan fingerprint density at radius 3 is 2.30 bits per heavy atom. The molecule has 0 aliphatic rings. The molecule has 0 aliphatic heterocycles. The van der Waals surface area contributed by atoms with Crippen molar-refractivity contribution in [3.63, 3.8) is 0 Å². The predicted molar refractivity (Wildman–Crippen MR) is 124 cm³/mol. The van der Waals surface area contributed by atoms with Gasteiger partial charge in [-0.3, -0.25) is 14.5 Å². The topological polar surface area (TPSA) is 121 Å². The van der Waals surface area contributed by atoms with Gasteiger partial charge in [0.2, 0.25) is 11.7 Å². The summed E-state index contributed by atoms with van der Waals surface area (Å²) in [5.41, 5.74) is 3.38. The zero-order chi connectivity index (χ0) is 23.0. The van der Waals surface area contributed by atoms with Crippen LogP contribution < -0.4 is 14.6 Å². The van der Waals surface area contributed by atoms with Crippen LogP contribution in [0, 0.1) is 0 Å².